The SMILES string of the molecule is C=C(C)C(=O)OC.C=CC#N.C=CC=C.C=CC=C.C=Cc1ccccc1.C=Cc1ccccc1. The highest BCUT2D eigenvalue weighted by molar-refractivity contribution is 5.86. The predicted octanol–water partition coefficient (Wildman–Crippen LogP) is 8.81. The first kappa shape index (κ1) is 37.6. The molecule has 184 valence electrons. The largest absolute Gasteiger partial charge is 0.466 e. The van der Waals surface area contributed by atoms with Crippen LogP contribution in [0.3, 0.4) is 0 Å². The molecule has 2 aromatic carbocycles. The molecule has 0 N–H and O–H groups in total. The monoisotopic (exact) mass is 469 g/mol. The average Bonchev–Trinajstić information content (AvgIpc) is 2.94. The fourth-order valence-corrected chi connectivity index (χ4v) is 1.35. The lowest BCUT2D eigenvalue weighted by atomic mass is 10.2. The Bertz CT molecular complexity index is 834. The van der Waals surface area contributed by atoms with E-state index in [9.17, 15) is 4.79 Å². The van der Waals surface area contributed by atoms with Crippen LogP contribution in [0.25, 0.3) is 12.2 Å². The first-order valence-electron chi connectivity index (χ1n) is 10.4. The van der Waals surface area contributed by atoms with Crippen LogP contribution in [0.2, 0.25) is 0 Å². The van der Waals surface area contributed by atoms with E-state index in [0.717, 1.165) is 0 Å². The highest BCUT2D eigenvalue weighted by Crippen LogP contribution is 1.98. The van der Waals surface area contributed by atoms with E-state index in [-0.39, 0.29) is 5.97 Å². The van der Waals surface area contributed by atoms with Crippen LogP contribution < -0.4 is 0 Å². The molecular weight excluding hydrogens is 430 g/mol. The van der Waals surface area contributed by atoms with E-state index in [2.05, 4.69) is 57.4 Å². The molecule has 2 rings (SSSR count). The molecule has 0 radical (unpaired) electrons. The van der Waals surface area contributed by atoms with Crippen LogP contribution in [0.4, 0.5) is 0 Å². The van der Waals surface area contributed by atoms with E-state index >= 15 is 0 Å². The molecule has 0 saturated heterocycles. The van der Waals surface area contributed by atoms with Gasteiger partial charge in [0.2, 0.25) is 0 Å². The molecular formula is C32H39NO2. The van der Waals surface area contributed by atoms with Crippen molar-refractivity contribution in [2.45, 2.75) is 6.92 Å². The number of nitrogens with zero attached hydrogens (tertiary/aromatic N) is 1. The molecule has 0 atom stereocenters. The van der Waals surface area contributed by atoms with Gasteiger partial charge in [0.25, 0.3) is 0 Å². The van der Waals surface area contributed by atoms with E-state index in [4.69, 9.17) is 5.26 Å². The van der Waals surface area contributed by atoms with Gasteiger partial charge in [0.15, 0.2) is 0 Å². The van der Waals surface area contributed by atoms with Gasteiger partial charge in [0.05, 0.1) is 13.2 Å². The number of ether oxygens (including phenoxy) is 1. The zero-order valence-corrected chi connectivity index (χ0v) is 21.2. The molecule has 0 bridgehead atoms. The van der Waals surface area contributed by atoms with Crippen molar-refractivity contribution in [2.75, 3.05) is 7.11 Å². The molecule has 35 heavy (non-hydrogen) atoms. The number of esters is 1. The van der Waals surface area contributed by atoms with Crippen molar-refractivity contribution in [3.63, 3.8) is 0 Å². The topological polar surface area (TPSA) is 50.1 Å². The Morgan fingerprint density at radius 1 is 0.743 bits per heavy atom. The predicted molar refractivity (Wildman–Crippen MR) is 156 cm³/mol. The normalized spacial score (nSPS) is 7.00. The summed E-state index contributed by atoms with van der Waals surface area (Å²) < 4.78 is 4.27. The lowest BCUT2D eigenvalue weighted by molar-refractivity contribution is -0.136. The summed E-state index contributed by atoms with van der Waals surface area (Å²) >= 11 is 0. The Labute approximate surface area is 213 Å². The summed E-state index contributed by atoms with van der Waals surface area (Å²) in [6, 6.07) is 21.8. The number of hydrogen-bond acceptors (Lipinski definition) is 3. The van der Waals surface area contributed by atoms with Crippen molar-refractivity contribution < 1.29 is 9.53 Å². The number of carbonyl (C=O) groups is 1. The van der Waals surface area contributed by atoms with Crippen molar-refractivity contribution >= 4 is 18.1 Å². The first-order valence-corrected chi connectivity index (χ1v) is 10.4. The Kier molecular flexibility index (Phi) is 36.5. The molecule has 0 aliphatic rings. The van der Waals surface area contributed by atoms with Gasteiger partial charge in [-0.1, -0.05) is 150 Å². The quantitative estimate of drug-likeness (QED) is 0.190. The molecule has 0 aromatic heterocycles. The third-order valence-electron chi connectivity index (χ3n) is 3.03. The number of carbonyl (C=O) groups excluding carboxylic acids is 1. The third kappa shape index (κ3) is 37.0. The lowest BCUT2D eigenvalue weighted by Crippen LogP contribution is -1.98. The van der Waals surface area contributed by atoms with Crippen molar-refractivity contribution in [3.05, 3.63) is 160 Å². The minimum atomic E-state index is -0.347. The second-order valence-electron chi connectivity index (χ2n) is 5.78. The summed E-state index contributed by atoms with van der Waals surface area (Å²) in [5, 5.41) is 7.51. The molecule has 0 aliphatic carbocycles. The van der Waals surface area contributed by atoms with Gasteiger partial charge in [-0.2, -0.15) is 5.26 Å². The summed E-state index contributed by atoms with van der Waals surface area (Å²) in [6.07, 6.45) is 11.4. The zero-order valence-electron chi connectivity index (χ0n) is 21.2. The zero-order chi connectivity index (χ0) is 27.7. The van der Waals surface area contributed by atoms with Crippen LogP contribution in [0.5, 0.6) is 0 Å². The minimum absolute atomic E-state index is 0.347. The molecule has 0 unspecified atom stereocenters. The smallest absolute Gasteiger partial charge is 0.332 e. The Morgan fingerprint density at radius 3 is 1.11 bits per heavy atom. The Morgan fingerprint density at radius 2 is 1.03 bits per heavy atom. The summed E-state index contributed by atoms with van der Waals surface area (Å²) in [5.74, 6) is -0.347. The third-order valence-corrected chi connectivity index (χ3v) is 3.03. The molecule has 0 saturated carbocycles. The van der Waals surface area contributed by atoms with Crippen molar-refractivity contribution in [2.24, 2.45) is 0 Å². The van der Waals surface area contributed by atoms with Gasteiger partial charge in [-0.05, 0) is 18.1 Å². The van der Waals surface area contributed by atoms with Gasteiger partial charge in [-0.3, -0.25) is 0 Å². The molecule has 3 heteroatoms. The van der Waals surface area contributed by atoms with Crippen molar-refractivity contribution in [3.8, 4) is 6.07 Å². The standard InChI is InChI=1S/2C8H8.C5H8O2.2C4H6.C3H3N/c2*1-2-8-6-4-3-5-7-8;1-4(2)5(6)7-3;2*1-3-4-2;1-2-3-4/h2*2-7H,1H2;1H2,2-3H3;2*3-4H,1-2H2;2H,1H2. The van der Waals surface area contributed by atoms with Crippen LogP contribution >= 0.6 is 0 Å². The van der Waals surface area contributed by atoms with Gasteiger partial charge in [0, 0.05) is 11.6 Å². The van der Waals surface area contributed by atoms with E-state index < -0.39 is 0 Å². The van der Waals surface area contributed by atoms with Gasteiger partial charge >= 0.3 is 5.97 Å². The van der Waals surface area contributed by atoms with Crippen LogP contribution in [0.15, 0.2) is 149 Å². The maximum atomic E-state index is 10.2. The van der Waals surface area contributed by atoms with E-state index in [1.54, 1.807) is 37.3 Å². The summed E-state index contributed by atoms with van der Waals surface area (Å²) in [4.78, 5) is 10.2. The van der Waals surface area contributed by atoms with E-state index in [1.807, 2.05) is 72.8 Å². The number of allylic oxidation sites excluding steroid dienone is 5. The summed E-state index contributed by atoms with van der Waals surface area (Å²) in [6.45, 7) is 28.8. The maximum Gasteiger partial charge on any atom is 0.332 e. The van der Waals surface area contributed by atoms with Crippen LogP contribution in [0.1, 0.15) is 18.1 Å². The van der Waals surface area contributed by atoms with Gasteiger partial charge in [-0.25, -0.2) is 4.79 Å². The Balaban J connectivity index is -0.000000170. The van der Waals surface area contributed by atoms with Crippen molar-refractivity contribution in [1.82, 2.24) is 0 Å². The molecule has 0 heterocycles. The van der Waals surface area contributed by atoms with E-state index in [0.29, 0.717) is 5.57 Å². The molecule has 0 aliphatic heterocycles. The molecule has 0 fully saturated rings. The number of methoxy groups -OCH3 is 1. The number of hydrogen-bond donors (Lipinski definition) is 0. The second-order valence-corrected chi connectivity index (χ2v) is 5.78. The fraction of sp³-hybridized carbons (Fsp3) is 0.0625. The molecule has 0 spiro atoms. The highest BCUT2D eigenvalue weighted by Gasteiger charge is 1.95. The second kappa shape index (κ2) is 33.9. The van der Waals surface area contributed by atoms with Gasteiger partial charge in [-0.15, -0.1) is 0 Å². The van der Waals surface area contributed by atoms with Crippen molar-refractivity contribution in [1.29, 1.82) is 5.26 Å². The maximum absolute atomic E-state index is 10.2. The number of rotatable bonds is 5. The molecule has 3 nitrogen and oxygen atoms in total. The van der Waals surface area contributed by atoms with Crippen LogP contribution in [-0.2, 0) is 9.53 Å². The lowest BCUT2D eigenvalue weighted by Gasteiger charge is -1.91. The Hall–Kier alpha value is -4.68. The summed E-state index contributed by atoms with van der Waals surface area (Å²) in [7, 11) is 1.33. The van der Waals surface area contributed by atoms with Gasteiger partial charge < -0.3 is 4.74 Å². The van der Waals surface area contributed by atoms with Gasteiger partial charge in [0.1, 0.15) is 0 Å². The minimum Gasteiger partial charge on any atom is -0.466 e. The molecule has 2 aromatic rings. The average molecular weight is 470 g/mol. The molecule has 0 amide bonds. The van der Waals surface area contributed by atoms with Crippen LogP contribution in [0, 0.1) is 11.3 Å². The first-order chi connectivity index (χ1) is 16.8. The number of nitriles is 1. The number of benzene rings is 2. The summed E-state index contributed by atoms with van der Waals surface area (Å²) in [5.41, 5.74) is 2.78. The fourth-order valence-electron chi connectivity index (χ4n) is 1.35. The van der Waals surface area contributed by atoms with E-state index in [1.165, 1.54) is 24.3 Å². The highest BCUT2D eigenvalue weighted by atomic mass is 16.5. The van der Waals surface area contributed by atoms with Crippen LogP contribution in [-0.4, -0.2) is 13.1 Å².